The second kappa shape index (κ2) is 10.8. The van der Waals surface area contributed by atoms with Crippen molar-refractivity contribution in [2.45, 2.75) is 11.8 Å². The van der Waals surface area contributed by atoms with Gasteiger partial charge in [-0.1, -0.05) is 42.5 Å². The SMILES string of the molecule is O=C(N/N=C\c1ccc([N+](=O)[O-])cc1)c1ccc([C@H]2SCC(=O)N2CCc2ccccc2)cc1. The molecule has 1 aliphatic rings. The number of carbonyl (C=O) groups is 2. The first-order valence-electron chi connectivity index (χ1n) is 10.6. The lowest BCUT2D eigenvalue weighted by Gasteiger charge is -2.24. The highest BCUT2D eigenvalue weighted by Crippen LogP contribution is 2.38. The van der Waals surface area contributed by atoms with Crippen LogP contribution in [0.1, 0.15) is 32.4 Å². The van der Waals surface area contributed by atoms with E-state index < -0.39 is 4.92 Å². The third kappa shape index (κ3) is 5.68. The van der Waals surface area contributed by atoms with Crippen LogP contribution in [0.3, 0.4) is 0 Å². The van der Waals surface area contributed by atoms with Gasteiger partial charge in [0.15, 0.2) is 0 Å². The number of hydrogen-bond acceptors (Lipinski definition) is 6. The van der Waals surface area contributed by atoms with E-state index in [9.17, 15) is 19.7 Å². The Morgan fingerprint density at radius 2 is 1.79 bits per heavy atom. The summed E-state index contributed by atoms with van der Waals surface area (Å²) in [6, 6.07) is 23.1. The van der Waals surface area contributed by atoms with E-state index in [0.29, 0.717) is 23.4 Å². The summed E-state index contributed by atoms with van der Waals surface area (Å²) < 4.78 is 0. The quantitative estimate of drug-likeness (QED) is 0.300. The first-order valence-corrected chi connectivity index (χ1v) is 11.7. The Morgan fingerprint density at radius 3 is 2.47 bits per heavy atom. The van der Waals surface area contributed by atoms with Gasteiger partial charge < -0.3 is 4.90 Å². The molecular formula is C25H22N4O4S. The zero-order valence-electron chi connectivity index (χ0n) is 18.2. The number of benzene rings is 3. The van der Waals surface area contributed by atoms with Gasteiger partial charge in [0, 0.05) is 24.2 Å². The Kier molecular flexibility index (Phi) is 7.34. The van der Waals surface area contributed by atoms with Crippen LogP contribution in [-0.4, -0.2) is 40.1 Å². The molecule has 172 valence electrons. The Balaban J connectivity index is 1.35. The van der Waals surface area contributed by atoms with Crippen molar-refractivity contribution in [3.8, 4) is 0 Å². The molecule has 8 nitrogen and oxygen atoms in total. The van der Waals surface area contributed by atoms with Crippen LogP contribution in [0.2, 0.25) is 0 Å². The zero-order valence-corrected chi connectivity index (χ0v) is 19.0. The second-order valence-corrected chi connectivity index (χ2v) is 8.72. The van der Waals surface area contributed by atoms with E-state index >= 15 is 0 Å². The maximum Gasteiger partial charge on any atom is 0.271 e. The molecular weight excluding hydrogens is 452 g/mol. The van der Waals surface area contributed by atoms with Crippen LogP contribution in [0.15, 0.2) is 84.0 Å². The van der Waals surface area contributed by atoms with Crippen molar-refractivity contribution in [3.63, 3.8) is 0 Å². The Bertz CT molecular complexity index is 1200. The fourth-order valence-electron chi connectivity index (χ4n) is 3.58. The first-order chi connectivity index (χ1) is 16.5. The molecule has 1 N–H and O–H groups in total. The molecule has 1 fully saturated rings. The van der Waals surface area contributed by atoms with Crippen molar-refractivity contribution in [1.82, 2.24) is 10.3 Å². The van der Waals surface area contributed by atoms with Crippen molar-refractivity contribution < 1.29 is 14.5 Å². The molecule has 0 aliphatic carbocycles. The number of thioether (sulfide) groups is 1. The number of nitro groups is 1. The van der Waals surface area contributed by atoms with E-state index in [0.717, 1.165) is 12.0 Å². The molecule has 1 aliphatic heterocycles. The highest BCUT2D eigenvalue weighted by Gasteiger charge is 2.32. The Labute approximate surface area is 200 Å². The molecule has 0 saturated carbocycles. The third-order valence-electron chi connectivity index (χ3n) is 5.39. The predicted octanol–water partition coefficient (Wildman–Crippen LogP) is 4.18. The van der Waals surface area contributed by atoms with Gasteiger partial charge in [-0.25, -0.2) is 5.43 Å². The highest BCUT2D eigenvalue weighted by molar-refractivity contribution is 8.00. The Hall–Kier alpha value is -3.98. The maximum atomic E-state index is 12.4. The van der Waals surface area contributed by atoms with Crippen molar-refractivity contribution in [1.29, 1.82) is 0 Å². The van der Waals surface area contributed by atoms with Gasteiger partial charge >= 0.3 is 0 Å². The van der Waals surface area contributed by atoms with Crippen molar-refractivity contribution in [2.75, 3.05) is 12.3 Å². The van der Waals surface area contributed by atoms with Crippen molar-refractivity contribution >= 4 is 35.5 Å². The summed E-state index contributed by atoms with van der Waals surface area (Å²) in [5, 5.41) is 14.5. The minimum Gasteiger partial charge on any atom is -0.326 e. The van der Waals surface area contributed by atoms with E-state index in [4.69, 9.17) is 0 Å². The average molecular weight is 475 g/mol. The number of non-ortho nitro benzene ring substituents is 1. The molecule has 3 aromatic rings. The van der Waals surface area contributed by atoms with Crippen LogP contribution < -0.4 is 5.43 Å². The van der Waals surface area contributed by atoms with Crippen LogP contribution in [0.5, 0.6) is 0 Å². The number of hydrogen-bond donors (Lipinski definition) is 1. The van der Waals surface area contributed by atoms with E-state index in [1.165, 1.54) is 23.9 Å². The van der Waals surface area contributed by atoms with Gasteiger partial charge in [-0.15, -0.1) is 11.8 Å². The minimum atomic E-state index is -0.477. The summed E-state index contributed by atoms with van der Waals surface area (Å²) >= 11 is 1.59. The van der Waals surface area contributed by atoms with Gasteiger partial charge in [-0.2, -0.15) is 5.10 Å². The molecule has 9 heteroatoms. The summed E-state index contributed by atoms with van der Waals surface area (Å²) in [4.78, 5) is 36.9. The molecule has 0 unspecified atom stereocenters. The lowest BCUT2D eigenvalue weighted by Crippen LogP contribution is -2.30. The molecule has 1 atom stereocenters. The van der Waals surface area contributed by atoms with Crippen LogP contribution in [0, 0.1) is 10.1 Å². The number of carbonyl (C=O) groups excluding carboxylic acids is 2. The van der Waals surface area contributed by atoms with Gasteiger partial charge in [0.1, 0.15) is 5.37 Å². The number of hydrazone groups is 1. The van der Waals surface area contributed by atoms with E-state index in [1.54, 1.807) is 36.0 Å². The molecule has 0 aromatic heterocycles. The molecule has 0 spiro atoms. The van der Waals surface area contributed by atoms with Gasteiger partial charge in [0.05, 0.1) is 16.9 Å². The van der Waals surface area contributed by atoms with E-state index in [-0.39, 0.29) is 22.9 Å². The summed E-state index contributed by atoms with van der Waals surface area (Å²) in [6.45, 7) is 0.639. The van der Waals surface area contributed by atoms with Gasteiger partial charge in [-0.3, -0.25) is 19.7 Å². The zero-order chi connectivity index (χ0) is 23.9. The molecule has 0 radical (unpaired) electrons. The van der Waals surface area contributed by atoms with Gasteiger partial charge in [0.2, 0.25) is 5.91 Å². The highest BCUT2D eigenvalue weighted by atomic mass is 32.2. The maximum absolute atomic E-state index is 12.4. The standard InChI is InChI=1S/C25H22N4O4S/c30-23-17-34-25(28(23)15-14-18-4-2-1-3-5-18)21-10-8-20(9-11-21)24(31)27-26-16-19-6-12-22(13-7-19)29(32)33/h1-13,16,25H,14-15,17H2,(H,27,31)/b26-16-/t25-/m1/s1. The lowest BCUT2D eigenvalue weighted by atomic mass is 10.1. The molecule has 2 amide bonds. The fourth-order valence-corrected chi connectivity index (χ4v) is 4.80. The summed E-state index contributed by atoms with van der Waals surface area (Å²) in [5.41, 5.74) is 5.66. The second-order valence-electron chi connectivity index (χ2n) is 7.66. The average Bonchev–Trinajstić information content (AvgIpc) is 3.24. The fraction of sp³-hybridized carbons (Fsp3) is 0.160. The van der Waals surface area contributed by atoms with Gasteiger partial charge in [0.25, 0.3) is 11.6 Å². The van der Waals surface area contributed by atoms with Crippen molar-refractivity contribution in [3.05, 3.63) is 111 Å². The summed E-state index contributed by atoms with van der Waals surface area (Å²) in [6.07, 6.45) is 2.21. The smallest absolute Gasteiger partial charge is 0.271 e. The summed E-state index contributed by atoms with van der Waals surface area (Å²) in [7, 11) is 0. The van der Waals surface area contributed by atoms with E-state index in [2.05, 4.69) is 22.7 Å². The largest absolute Gasteiger partial charge is 0.326 e. The molecule has 1 saturated heterocycles. The van der Waals surface area contributed by atoms with E-state index in [1.807, 2.05) is 35.2 Å². The normalized spacial score (nSPS) is 15.6. The monoisotopic (exact) mass is 474 g/mol. The summed E-state index contributed by atoms with van der Waals surface area (Å²) in [5.74, 6) is 0.188. The molecule has 34 heavy (non-hydrogen) atoms. The molecule has 4 rings (SSSR count). The minimum absolute atomic E-state index is 0.0120. The number of nitrogens with zero attached hydrogens (tertiary/aromatic N) is 3. The number of nitrogens with one attached hydrogen (secondary N) is 1. The van der Waals surface area contributed by atoms with Crippen LogP contribution in [0.4, 0.5) is 5.69 Å². The van der Waals surface area contributed by atoms with Crippen LogP contribution >= 0.6 is 11.8 Å². The Morgan fingerprint density at radius 1 is 1.09 bits per heavy atom. The molecule has 1 heterocycles. The lowest BCUT2D eigenvalue weighted by molar-refractivity contribution is -0.384. The van der Waals surface area contributed by atoms with Crippen LogP contribution in [0.25, 0.3) is 0 Å². The first kappa shape index (κ1) is 23.2. The van der Waals surface area contributed by atoms with Gasteiger partial charge in [-0.05, 0) is 47.4 Å². The topological polar surface area (TPSA) is 105 Å². The third-order valence-corrected chi connectivity index (χ3v) is 6.65. The number of nitro benzene ring substituents is 1. The number of amides is 2. The molecule has 0 bridgehead atoms. The molecule has 3 aromatic carbocycles. The predicted molar refractivity (Wildman–Crippen MR) is 132 cm³/mol. The van der Waals surface area contributed by atoms with Crippen molar-refractivity contribution in [2.24, 2.45) is 5.10 Å². The number of rotatable bonds is 8. The van der Waals surface area contributed by atoms with Crippen LogP contribution in [-0.2, 0) is 11.2 Å².